The number of halogens is 2. The first-order valence-corrected chi connectivity index (χ1v) is 5.88. The van der Waals surface area contributed by atoms with Gasteiger partial charge in [-0.2, -0.15) is 0 Å². The van der Waals surface area contributed by atoms with Crippen LogP contribution in [0.25, 0.3) is 22.6 Å². The highest BCUT2D eigenvalue weighted by Crippen LogP contribution is 2.32. The van der Waals surface area contributed by atoms with Gasteiger partial charge in [0.2, 0.25) is 0 Å². The van der Waals surface area contributed by atoms with E-state index in [2.05, 4.69) is 19.9 Å². The normalized spacial score (nSPS) is 10.6. The van der Waals surface area contributed by atoms with E-state index < -0.39 is 0 Å². The molecule has 0 bridgehead atoms. The predicted octanol–water partition coefficient (Wildman–Crippen LogP) is 3.33. The summed E-state index contributed by atoms with van der Waals surface area (Å²) in [5.41, 5.74) is 1.95. The second-order valence-electron chi connectivity index (χ2n) is 3.85. The molecule has 0 aliphatic heterocycles. The molecule has 6 heteroatoms. The quantitative estimate of drug-likeness (QED) is 0.780. The van der Waals surface area contributed by atoms with Crippen molar-refractivity contribution in [2.45, 2.75) is 0 Å². The van der Waals surface area contributed by atoms with Crippen LogP contribution in [0.3, 0.4) is 0 Å². The van der Waals surface area contributed by atoms with Crippen LogP contribution in [0.4, 0.5) is 4.39 Å². The summed E-state index contributed by atoms with van der Waals surface area (Å²) in [7, 11) is 0. The maximum absolute atomic E-state index is 13.1. The molecule has 1 N–H and O–H groups in total. The zero-order chi connectivity index (χ0) is 13.2. The second-order valence-corrected chi connectivity index (χ2v) is 4.25. The Hall–Kier alpha value is -2.27. The number of rotatable bonds is 2. The molecule has 0 unspecified atom stereocenters. The van der Waals surface area contributed by atoms with Gasteiger partial charge in [-0.1, -0.05) is 11.6 Å². The standard InChI is InChI=1S/C13H8ClFN4/c14-11-5-8(15)1-2-9(11)12-10(6-16-7-19-12)13-17-3-4-18-13/h1-7H,(H,17,18). The second kappa shape index (κ2) is 4.78. The summed E-state index contributed by atoms with van der Waals surface area (Å²) in [6, 6.07) is 4.19. The van der Waals surface area contributed by atoms with Gasteiger partial charge < -0.3 is 4.98 Å². The van der Waals surface area contributed by atoms with Gasteiger partial charge in [0.05, 0.1) is 16.3 Å². The van der Waals surface area contributed by atoms with Crippen LogP contribution in [0, 0.1) is 5.82 Å². The molecular weight excluding hydrogens is 267 g/mol. The lowest BCUT2D eigenvalue weighted by Crippen LogP contribution is -1.93. The van der Waals surface area contributed by atoms with E-state index in [1.165, 1.54) is 18.5 Å². The van der Waals surface area contributed by atoms with Crippen molar-refractivity contribution in [2.75, 3.05) is 0 Å². The lowest BCUT2D eigenvalue weighted by atomic mass is 10.1. The van der Waals surface area contributed by atoms with Gasteiger partial charge in [0.25, 0.3) is 0 Å². The Bertz CT molecular complexity index is 712. The highest BCUT2D eigenvalue weighted by atomic mass is 35.5. The topological polar surface area (TPSA) is 54.5 Å². The average molecular weight is 275 g/mol. The monoisotopic (exact) mass is 274 g/mol. The Labute approximate surface area is 113 Å². The third kappa shape index (κ3) is 2.20. The minimum Gasteiger partial charge on any atom is -0.345 e. The Kier molecular flexibility index (Phi) is 2.97. The maximum Gasteiger partial charge on any atom is 0.141 e. The van der Waals surface area contributed by atoms with Crippen LogP contribution in [0.1, 0.15) is 0 Å². The predicted molar refractivity (Wildman–Crippen MR) is 70.0 cm³/mol. The van der Waals surface area contributed by atoms with E-state index >= 15 is 0 Å². The number of hydrogen-bond donors (Lipinski definition) is 1. The molecule has 0 fully saturated rings. The number of hydrogen-bond acceptors (Lipinski definition) is 3. The summed E-state index contributed by atoms with van der Waals surface area (Å²) >= 11 is 6.07. The smallest absolute Gasteiger partial charge is 0.141 e. The molecule has 0 saturated carbocycles. The maximum atomic E-state index is 13.1. The van der Waals surface area contributed by atoms with Crippen LogP contribution in [-0.4, -0.2) is 19.9 Å². The highest BCUT2D eigenvalue weighted by Gasteiger charge is 2.14. The lowest BCUT2D eigenvalue weighted by molar-refractivity contribution is 0.628. The van der Waals surface area contributed by atoms with E-state index in [0.29, 0.717) is 27.7 Å². The third-order valence-corrected chi connectivity index (χ3v) is 2.96. The van der Waals surface area contributed by atoms with Crippen molar-refractivity contribution >= 4 is 11.6 Å². The van der Waals surface area contributed by atoms with Crippen molar-refractivity contribution in [2.24, 2.45) is 0 Å². The molecule has 0 aliphatic rings. The number of imidazole rings is 1. The molecule has 1 aromatic carbocycles. The van der Waals surface area contributed by atoms with Crippen molar-refractivity contribution in [3.05, 3.63) is 54.0 Å². The molecule has 0 saturated heterocycles. The lowest BCUT2D eigenvalue weighted by Gasteiger charge is -2.07. The van der Waals surface area contributed by atoms with Crippen LogP contribution in [0.2, 0.25) is 5.02 Å². The van der Waals surface area contributed by atoms with E-state index in [4.69, 9.17) is 11.6 Å². The van der Waals surface area contributed by atoms with Gasteiger partial charge in [0.1, 0.15) is 18.0 Å². The van der Waals surface area contributed by atoms with Gasteiger partial charge in [-0.3, -0.25) is 0 Å². The highest BCUT2D eigenvalue weighted by molar-refractivity contribution is 6.33. The molecule has 0 amide bonds. The van der Waals surface area contributed by atoms with Gasteiger partial charge in [0, 0.05) is 24.2 Å². The van der Waals surface area contributed by atoms with E-state index in [-0.39, 0.29) is 5.82 Å². The first-order valence-electron chi connectivity index (χ1n) is 5.51. The fourth-order valence-corrected chi connectivity index (χ4v) is 2.07. The largest absolute Gasteiger partial charge is 0.345 e. The number of H-pyrrole nitrogens is 1. The van der Waals surface area contributed by atoms with Crippen LogP contribution >= 0.6 is 11.6 Å². The van der Waals surface area contributed by atoms with E-state index in [1.54, 1.807) is 24.7 Å². The van der Waals surface area contributed by atoms with Gasteiger partial charge >= 0.3 is 0 Å². The fraction of sp³-hybridized carbons (Fsp3) is 0. The van der Waals surface area contributed by atoms with Gasteiger partial charge in [-0.15, -0.1) is 0 Å². The molecular formula is C13H8ClFN4. The zero-order valence-electron chi connectivity index (χ0n) is 9.64. The molecule has 0 spiro atoms. The van der Waals surface area contributed by atoms with Crippen LogP contribution < -0.4 is 0 Å². The summed E-state index contributed by atoms with van der Waals surface area (Å²) < 4.78 is 13.1. The molecule has 3 aromatic rings. The number of benzene rings is 1. The van der Waals surface area contributed by atoms with Gasteiger partial charge in [0.15, 0.2) is 0 Å². The number of nitrogens with one attached hydrogen (secondary N) is 1. The molecule has 3 rings (SSSR count). The summed E-state index contributed by atoms with van der Waals surface area (Å²) in [6.07, 6.45) is 6.40. The Balaban J connectivity index is 2.21. The Morgan fingerprint density at radius 1 is 1.16 bits per heavy atom. The van der Waals surface area contributed by atoms with E-state index in [9.17, 15) is 4.39 Å². The van der Waals surface area contributed by atoms with E-state index in [0.717, 1.165) is 0 Å². The van der Waals surface area contributed by atoms with Crippen molar-refractivity contribution in [3.63, 3.8) is 0 Å². The summed E-state index contributed by atoms with van der Waals surface area (Å²) in [4.78, 5) is 15.4. The summed E-state index contributed by atoms with van der Waals surface area (Å²) in [5, 5.41) is 0.298. The number of nitrogens with zero attached hydrogens (tertiary/aromatic N) is 3. The number of aromatic amines is 1. The fourth-order valence-electron chi connectivity index (χ4n) is 1.81. The van der Waals surface area contributed by atoms with Crippen molar-refractivity contribution in [3.8, 4) is 22.6 Å². The molecule has 0 aliphatic carbocycles. The SMILES string of the molecule is Fc1ccc(-c2ncncc2-c2ncc[nH]2)c(Cl)c1. The average Bonchev–Trinajstić information content (AvgIpc) is 2.93. The molecule has 94 valence electrons. The Morgan fingerprint density at radius 2 is 2.05 bits per heavy atom. The zero-order valence-corrected chi connectivity index (χ0v) is 10.4. The molecule has 2 aromatic heterocycles. The first kappa shape index (κ1) is 11.8. The van der Waals surface area contributed by atoms with Crippen molar-refractivity contribution in [1.82, 2.24) is 19.9 Å². The van der Waals surface area contributed by atoms with Crippen LogP contribution in [-0.2, 0) is 0 Å². The van der Waals surface area contributed by atoms with Crippen molar-refractivity contribution in [1.29, 1.82) is 0 Å². The van der Waals surface area contributed by atoms with Gasteiger partial charge in [-0.05, 0) is 18.2 Å². The minimum absolute atomic E-state index is 0.298. The third-order valence-electron chi connectivity index (χ3n) is 2.65. The molecule has 0 atom stereocenters. The minimum atomic E-state index is -0.387. The summed E-state index contributed by atoms with van der Waals surface area (Å²) in [6.45, 7) is 0. The van der Waals surface area contributed by atoms with E-state index in [1.807, 2.05) is 0 Å². The van der Waals surface area contributed by atoms with Crippen LogP contribution in [0.5, 0.6) is 0 Å². The molecule has 4 nitrogen and oxygen atoms in total. The molecule has 0 radical (unpaired) electrons. The molecule has 2 heterocycles. The van der Waals surface area contributed by atoms with Gasteiger partial charge in [-0.25, -0.2) is 19.3 Å². The number of aromatic nitrogens is 4. The molecule has 19 heavy (non-hydrogen) atoms. The van der Waals surface area contributed by atoms with Crippen molar-refractivity contribution < 1.29 is 4.39 Å². The Morgan fingerprint density at radius 3 is 2.79 bits per heavy atom. The first-order chi connectivity index (χ1) is 9.25. The van der Waals surface area contributed by atoms with Crippen LogP contribution in [0.15, 0.2) is 43.1 Å². The summed E-state index contributed by atoms with van der Waals surface area (Å²) in [5.74, 6) is 0.248.